The Balaban J connectivity index is 2.36. The maximum Gasteiger partial charge on any atom is 0.263 e. The number of benzene rings is 1. The Hall–Kier alpha value is -1.77. The van der Waals surface area contributed by atoms with E-state index in [1.165, 1.54) is 31.6 Å². The first-order valence-electron chi connectivity index (χ1n) is 6.02. The molecule has 0 unspecified atom stereocenters. The van der Waals surface area contributed by atoms with Crippen LogP contribution in [0.1, 0.15) is 4.88 Å². The van der Waals surface area contributed by atoms with Gasteiger partial charge < -0.3 is 15.2 Å². The lowest BCUT2D eigenvalue weighted by atomic mass is 10.3. The maximum absolute atomic E-state index is 12.4. The molecule has 0 aliphatic carbocycles. The third-order valence-electron chi connectivity index (χ3n) is 2.78. The number of ether oxygens (including phenoxy) is 2. The van der Waals surface area contributed by atoms with E-state index in [1.54, 1.807) is 23.6 Å². The van der Waals surface area contributed by atoms with E-state index in [9.17, 15) is 8.42 Å². The van der Waals surface area contributed by atoms with E-state index in [0.29, 0.717) is 22.1 Å². The Morgan fingerprint density at radius 1 is 1.19 bits per heavy atom. The Bertz CT molecular complexity index is 703. The van der Waals surface area contributed by atoms with E-state index in [-0.39, 0.29) is 11.4 Å². The van der Waals surface area contributed by atoms with Gasteiger partial charge in [-0.25, -0.2) is 8.42 Å². The number of hydrogen-bond acceptors (Lipinski definition) is 6. The normalized spacial score (nSPS) is 11.2. The van der Waals surface area contributed by atoms with Gasteiger partial charge in [0.2, 0.25) is 0 Å². The highest BCUT2D eigenvalue weighted by Gasteiger charge is 2.19. The van der Waals surface area contributed by atoms with E-state index in [4.69, 9.17) is 15.2 Å². The molecule has 6 nitrogen and oxygen atoms in total. The fraction of sp³-hybridized carbons (Fsp3) is 0.231. The van der Waals surface area contributed by atoms with Crippen molar-refractivity contribution in [2.75, 3.05) is 18.9 Å². The molecule has 8 heteroatoms. The topological polar surface area (TPSA) is 90.7 Å². The van der Waals surface area contributed by atoms with Gasteiger partial charge in [-0.3, -0.25) is 4.72 Å². The summed E-state index contributed by atoms with van der Waals surface area (Å²) in [6.45, 7) is 0.176. The Morgan fingerprint density at radius 2 is 1.81 bits per heavy atom. The number of rotatable bonds is 6. The van der Waals surface area contributed by atoms with Crippen LogP contribution in [0.3, 0.4) is 0 Å². The highest BCUT2D eigenvalue weighted by atomic mass is 32.2. The summed E-state index contributed by atoms with van der Waals surface area (Å²) in [5.41, 5.74) is 5.92. The van der Waals surface area contributed by atoms with Gasteiger partial charge in [-0.1, -0.05) is 0 Å². The van der Waals surface area contributed by atoms with Crippen molar-refractivity contribution in [3.8, 4) is 11.5 Å². The fourth-order valence-electron chi connectivity index (χ4n) is 1.79. The lowest BCUT2D eigenvalue weighted by Crippen LogP contribution is -2.14. The highest BCUT2D eigenvalue weighted by Crippen LogP contribution is 2.29. The molecule has 0 aliphatic rings. The van der Waals surface area contributed by atoms with Crippen molar-refractivity contribution in [2.24, 2.45) is 5.73 Å². The first-order valence-corrected chi connectivity index (χ1v) is 8.38. The number of nitrogens with two attached hydrogens (primary N) is 1. The Kier molecular flexibility index (Phi) is 4.71. The molecule has 0 fully saturated rings. The van der Waals surface area contributed by atoms with Crippen molar-refractivity contribution in [2.45, 2.75) is 11.4 Å². The van der Waals surface area contributed by atoms with Gasteiger partial charge >= 0.3 is 0 Å². The van der Waals surface area contributed by atoms with Gasteiger partial charge in [0.25, 0.3) is 10.0 Å². The minimum Gasteiger partial charge on any atom is -0.497 e. The molecule has 0 saturated heterocycles. The second-order valence-corrected chi connectivity index (χ2v) is 6.77. The first-order chi connectivity index (χ1) is 10.00. The van der Waals surface area contributed by atoms with Gasteiger partial charge in [-0.2, -0.15) is 0 Å². The summed E-state index contributed by atoms with van der Waals surface area (Å²) in [5, 5.41) is 1.70. The van der Waals surface area contributed by atoms with E-state index in [1.807, 2.05) is 0 Å². The second kappa shape index (κ2) is 6.33. The molecule has 0 aliphatic heterocycles. The Labute approximate surface area is 127 Å². The van der Waals surface area contributed by atoms with Crippen LogP contribution in [0.5, 0.6) is 11.5 Å². The molecular weight excluding hydrogens is 312 g/mol. The highest BCUT2D eigenvalue weighted by molar-refractivity contribution is 7.93. The quantitative estimate of drug-likeness (QED) is 0.846. The number of thiophene rings is 1. The molecule has 3 N–H and O–H groups in total. The van der Waals surface area contributed by atoms with Gasteiger partial charge in [0.15, 0.2) is 0 Å². The van der Waals surface area contributed by atoms with Crippen LogP contribution in [0.25, 0.3) is 0 Å². The summed E-state index contributed by atoms with van der Waals surface area (Å²) < 4.78 is 37.5. The second-order valence-electron chi connectivity index (χ2n) is 4.12. The van der Waals surface area contributed by atoms with Crippen molar-refractivity contribution in [1.82, 2.24) is 0 Å². The molecule has 1 aromatic carbocycles. The van der Waals surface area contributed by atoms with Crippen molar-refractivity contribution in [1.29, 1.82) is 0 Å². The average Bonchev–Trinajstić information content (AvgIpc) is 2.95. The zero-order chi connectivity index (χ0) is 15.5. The standard InChI is InChI=1S/C13H16N2O4S2/c1-18-10-5-9(6-11(7-10)19-2)15-21(16,17)13-3-4-20-12(13)8-14/h3-7,15H,8,14H2,1-2H3. The molecule has 0 amide bonds. The molecule has 0 atom stereocenters. The van der Waals surface area contributed by atoms with Crippen LogP contribution in [0.4, 0.5) is 5.69 Å². The molecule has 0 radical (unpaired) electrons. The third-order valence-corrected chi connectivity index (χ3v) is 5.32. The zero-order valence-electron chi connectivity index (χ0n) is 11.6. The van der Waals surface area contributed by atoms with Gasteiger partial charge in [0.1, 0.15) is 16.4 Å². The van der Waals surface area contributed by atoms with Crippen LogP contribution in [-0.2, 0) is 16.6 Å². The predicted molar refractivity (Wildman–Crippen MR) is 82.6 cm³/mol. The third kappa shape index (κ3) is 3.46. The largest absolute Gasteiger partial charge is 0.497 e. The zero-order valence-corrected chi connectivity index (χ0v) is 13.3. The van der Waals surface area contributed by atoms with Crippen LogP contribution >= 0.6 is 11.3 Å². The Morgan fingerprint density at radius 3 is 2.33 bits per heavy atom. The smallest absolute Gasteiger partial charge is 0.263 e. The molecule has 1 heterocycles. The number of methoxy groups -OCH3 is 2. The van der Waals surface area contributed by atoms with Gasteiger partial charge in [0.05, 0.1) is 19.9 Å². The lowest BCUT2D eigenvalue weighted by molar-refractivity contribution is 0.395. The van der Waals surface area contributed by atoms with Crippen molar-refractivity contribution < 1.29 is 17.9 Å². The van der Waals surface area contributed by atoms with Gasteiger partial charge in [-0.15, -0.1) is 11.3 Å². The predicted octanol–water partition coefficient (Wildman–Crippen LogP) is 2.02. The molecule has 2 rings (SSSR count). The summed E-state index contributed by atoms with van der Waals surface area (Å²) in [5.74, 6) is 0.993. The van der Waals surface area contributed by atoms with E-state index < -0.39 is 10.0 Å². The molecule has 114 valence electrons. The monoisotopic (exact) mass is 328 g/mol. The van der Waals surface area contributed by atoms with Crippen molar-refractivity contribution in [3.05, 3.63) is 34.5 Å². The summed E-state index contributed by atoms with van der Waals surface area (Å²) in [6.07, 6.45) is 0. The minimum atomic E-state index is -3.69. The maximum atomic E-state index is 12.4. The molecule has 21 heavy (non-hydrogen) atoms. The SMILES string of the molecule is COc1cc(NS(=O)(=O)c2ccsc2CN)cc(OC)c1. The van der Waals surface area contributed by atoms with E-state index in [0.717, 1.165) is 0 Å². The molecule has 0 saturated carbocycles. The molecular formula is C13H16N2O4S2. The van der Waals surface area contributed by atoms with Crippen molar-refractivity contribution in [3.63, 3.8) is 0 Å². The summed E-state index contributed by atoms with van der Waals surface area (Å²) >= 11 is 1.31. The van der Waals surface area contributed by atoms with E-state index >= 15 is 0 Å². The summed E-state index contributed by atoms with van der Waals surface area (Å²) in [4.78, 5) is 0.800. The summed E-state index contributed by atoms with van der Waals surface area (Å²) in [7, 11) is -0.696. The van der Waals surface area contributed by atoms with Crippen LogP contribution in [-0.4, -0.2) is 22.6 Å². The van der Waals surface area contributed by atoms with Crippen LogP contribution in [0, 0.1) is 0 Å². The van der Waals surface area contributed by atoms with Crippen molar-refractivity contribution >= 4 is 27.0 Å². The van der Waals surface area contributed by atoms with Gasteiger partial charge in [-0.05, 0) is 11.4 Å². The van der Waals surface area contributed by atoms with Gasteiger partial charge in [0, 0.05) is 29.6 Å². The minimum absolute atomic E-state index is 0.176. The fourth-order valence-corrected chi connectivity index (χ4v) is 4.17. The first kappa shape index (κ1) is 15.6. The lowest BCUT2D eigenvalue weighted by Gasteiger charge is -2.11. The van der Waals surface area contributed by atoms with Crippen LogP contribution in [0.2, 0.25) is 0 Å². The molecule has 2 aromatic rings. The molecule has 0 spiro atoms. The summed E-state index contributed by atoms with van der Waals surface area (Å²) in [6, 6.07) is 6.35. The number of nitrogens with one attached hydrogen (secondary N) is 1. The number of anilines is 1. The average molecular weight is 328 g/mol. The molecule has 0 bridgehead atoms. The number of sulfonamides is 1. The van der Waals surface area contributed by atoms with Crippen LogP contribution < -0.4 is 19.9 Å². The van der Waals surface area contributed by atoms with Crippen LogP contribution in [0.15, 0.2) is 34.5 Å². The van der Waals surface area contributed by atoms with E-state index in [2.05, 4.69) is 4.72 Å². The number of hydrogen-bond donors (Lipinski definition) is 2. The molecule has 1 aromatic heterocycles.